The van der Waals surface area contributed by atoms with Crippen molar-refractivity contribution in [3.05, 3.63) is 11.6 Å². The van der Waals surface area contributed by atoms with E-state index < -0.39 is 0 Å². The number of hydrogen-bond donors (Lipinski definition) is 0. The third-order valence-electron chi connectivity index (χ3n) is 2.37. The lowest BCUT2D eigenvalue weighted by Crippen LogP contribution is -2.21. The van der Waals surface area contributed by atoms with Crippen molar-refractivity contribution in [2.45, 2.75) is 34.1 Å². The Morgan fingerprint density at radius 2 is 2.00 bits per heavy atom. The van der Waals surface area contributed by atoms with Crippen LogP contribution in [0, 0.1) is 5.92 Å². The summed E-state index contributed by atoms with van der Waals surface area (Å²) >= 11 is 0. The van der Waals surface area contributed by atoms with E-state index in [4.69, 9.17) is 0 Å². The van der Waals surface area contributed by atoms with Gasteiger partial charge in [-0.2, -0.15) is 0 Å². The minimum absolute atomic E-state index is 0.515. The van der Waals surface area contributed by atoms with E-state index in [1.807, 2.05) is 7.05 Å². The Labute approximate surface area is 95.1 Å². The number of nitrogens with zero attached hydrogens (tertiary/aromatic N) is 2. The summed E-state index contributed by atoms with van der Waals surface area (Å²) in [5, 5.41) is 0. The quantitative estimate of drug-likeness (QED) is 0.615. The van der Waals surface area contributed by atoms with Gasteiger partial charge in [-0.1, -0.05) is 26.3 Å². The van der Waals surface area contributed by atoms with Gasteiger partial charge >= 0.3 is 0 Å². The van der Waals surface area contributed by atoms with Crippen molar-refractivity contribution in [3.8, 4) is 0 Å². The molecule has 15 heavy (non-hydrogen) atoms. The van der Waals surface area contributed by atoms with E-state index in [-0.39, 0.29) is 0 Å². The van der Waals surface area contributed by atoms with Crippen LogP contribution >= 0.6 is 0 Å². The van der Waals surface area contributed by atoms with Crippen LogP contribution in [0.2, 0.25) is 0 Å². The van der Waals surface area contributed by atoms with Crippen molar-refractivity contribution in [2.75, 3.05) is 27.2 Å². The highest BCUT2D eigenvalue weighted by Crippen LogP contribution is 2.04. The summed E-state index contributed by atoms with van der Waals surface area (Å²) in [6.07, 6.45) is 3.43. The topological polar surface area (TPSA) is 15.6 Å². The van der Waals surface area contributed by atoms with Gasteiger partial charge in [0.2, 0.25) is 0 Å². The maximum atomic E-state index is 4.30. The van der Waals surface area contributed by atoms with Crippen LogP contribution < -0.4 is 0 Å². The molecule has 0 aliphatic rings. The summed E-state index contributed by atoms with van der Waals surface area (Å²) in [7, 11) is 4.04. The molecular formula is C13H26N2. The van der Waals surface area contributed by atoms with E-state index in [1.54, 1.807) is 0 Å². The second-order valence-electron chi connectivity index (χ2n) is 4.53. The van der Waals surface area contributed by atoms with Crippen LogP contribution in [0.15, 0.2) is 16.6 Å². The molecule has 0 saturated carbocycles. The first-order chi connectivity index (χ1) is 7.01. The van der Waals surface area contributed by atoms with Gasteiger partial charge in [0.25, 0.3) is 0 Å². The first kappa shape index (κ1) is 14.4. The Kier molecular flexibility index (Phi) is 7.31. The van der Waals surface area contributed by atoms with Gasteiger partial charge in [0.05, 0.1) is 0 Å². The molecule has 0 radical (unpaired) electrons. The van der Waals surface area contributed by atoms with E-state index in [0.29, 0.717) is 5.92 Å². The van der Waals surface area contributed by atoms with Crippen molar-refractivity contribution < 1.29 is 0 Å². The minimum atomic E-state index is 0.515. The zero-order valence-electron chi connectivity index (χ0n) is 11.2. The summed E-state index contributed by atoms with van der Waals surface area (Å²) in [4.78, 5) is 6.65. The summed E-state index contributed by atoms with van der Waals surface area (Å²) in [6.45, 7) is 11.0. The van der Waals surface area contributed by atoms with Crippen LogP contribution in [0.1, 0.15) is 34.1 Å². The van der Waals surface area contributed by atoms with Gasteiger partial charge in [-0.15, -0.1) is 0 Å². The average molecular weight is 210 g/mol. The van der Waals surface area contributed by atoms with Crippen molar-refractivity contribution in [2.24, 2.45) is 10.9 Å². The second-order valence-corrected chi connectivity index (χ2v) is 4.53. The molecule has 0 rings (SSSR count). The first-order valence-electron chi connectivity index (χ1n) is 5.83. The molecule has 0 atom stereocenters. The molecule has 0 aliphatic carbocycles. The molecule has 0 spiro atoms. The monoisotopic (exact) mass is 210 g/mol. The Hall–Kier alpha value is -0.630. The predicted octanol–water partition coefficient (Wildman–Crippen LogP) is 3.00. The fourth-order valence-electron chi connectivity index (χ4n) is 1.67. The second kappa shape index (κ2) is 7.63. The maximum absolute atomic E-state index is 4.30. The SMILES string of the molecule is CCCN(C)C/C(C)=C/C(=NC)C(C)C. The molecule has 0 heterocycles. The van der Waals surface area contributed by atoms with Gasteiger partial charge in [0, 0.05) is 19.3 Å². The van der Waals surface area contributed by atoms with Crippen molar-refractivity contribution >= 4 is 5.71 Å². The predicted molar refractivity (Wildman–Crippen MR) is 69.7 cm³/mol. The summed E-state index contributed by atoms with van der Waals surface area (Å²) < 4.78 is 0. The standard InChI is InChI=1S/C13H26N2/c1-7-8-15(6)10-12(4)9-13(14-5)11(2)3/h9,11H,7-8,10H2,1-6H3/b12-9+,14-13?. The molecule has 0 aromatic heterocycles. The molecule has 2 nitrogen and oxygen atoms in total. The molecule has 0 aromatic rings. The average Bonchev–Trinajstić information content (AvgIpc) is 2.13. The lowest BCUT2D eigenvalue weighted by atomic mass is 10.1. The zero-order chi connectivity index (χ0) is 11.8. The van der Waals surface area contributed by atoms with Crippen LogP contribution in [0.4, 0.5) is 0 Å². The number of likely N-dealkylation sites (N-methyl/N-ethyl adjacent to an activating group) is 1. The van der Waals surface area contributed by atoms with Crippen LogP contribution in [-0.2, 0) is 0 Å². The van der Waals surface area contributed by atoms with Crippen LogP contribution in [0.25, 0.3) is 0 Å². The van der Waals surface area contributed by atoms with Gasteiger partial charge < -0.3 is 4.90 Å². The summed E-state index contributed by atoms with van der Waals surface area (Å²) in [5.41, 5.74) is 2.58. The lowest BCUT2D eigenvalue weighted by Gasteiger charge is -2.16. The number of allylic oxidation sites excluding steroid dienone is 1. The van der Waals surface area contributed by atoms with Crippen molar-refractivity contribution in [1.29, 1.82) is 0 Å². The van der Waals surface area contributed by atoms with E-state index in [1.165, 1.54) is 17.7 Å². The van der Waals surface area contributed by atoms with Crippen LogP contribution in [0.5, 0.6) is 0 Å². The highest BCUT2D eigenvalue weighted by atomic mass is 15.1. The molecule has 0 aromatic carbocycles. The van der Waals surface area contributed by atoms with E-state index >= 15 is 0 Å². The fourth-order valence-corrected chi connectivity index (χ4v) is 1.67. The maximum Gasteiger partial charge on any atom is 0.0370 e. The third kappa shape index (κ3) is 6.45. The van der Waals surface area contributed by atoms with Crippen molar-refractivity contribution in [1.82, 2.24) is 4.90 Å². The van der Waals surface area contributed by atoms with Crippen LogP contribution in [-0.4, -0.2) is 37.8 Å². The highest BCUT2D eigenvalue weighted by Gasteiger charge is 2.03. The van der Waals surface area contributed by atoms with Gasteiger partial charge in [-0.25, -0.2) is 0 Å². The Morgan fingerprint density at radius 1 is 1.40 bits per heavy atom. The van der Waals surface area contributed by atoms with Gasteiger partial charge in [0.15, 0.2) is 0 Å². The van der Waals surface area contributed by atoms with Gasteiger partial charge in [0.1, 0.15) is 0 Å². The normalized spacial score (nSPS) is 14.1. The fraction of sp³-hybridized carbons (Fsp3) is 0.769. The van der Waals surface area contributed by atoms with Crippen LogP contribution in [0.3, 0.4) is 0 Å². The minimum Gasteiger partial charge on any atom is -0.302 e. The number of hydrogen-bond acceptors (Lipinski definition) is 2. The molecular weight excluding hydrogens is 184 g/mol. The molecule has 0 amide bonds. The number of aliphatic imine (C=N–C) groups is 1. The molecule has 0 aliphatic heterocycles. The summed E-state index contributed by atoms with van der Waals surface area (Å²) in [6, 6.07) is 0. The molecule has 0 fully saturated rings. The molecule has 2 heteroatoms. The molecule has 0 unspecified atom stereocenters. The van der Waals surface area contributed by atoms with E-state index in [2.05, 4.69) is 50.7 Å². The van der Waals surface area contributed by atoms with Gasteiger partial charge in [-0.3, -0.25) is 4.99 Å². The Morgan fingerprint density at radius 3 is 2.40 bits per heavy atom. The molecule has 0 saturated heterocycles. The Balaban J connectivity index is 4.30. The number of rotatable bonds is 6. The highest BCUT2D eigenvalue weighted by molar-refractivity contribution is 5.96. The smallest absolute Gasteiger partial charge is 0.0370 e. The zero-order valence-corrected chi connectivity index (χ0v) is 11.2. The van der Waals surface area contributed by atoms with Crippen molar-refractivity contribution in [3.63, 3.8) is 0 Å². The molecule has 0 bridgehead atoms. The third-order valence-corrected chi connectivity index (χ3v) is 2.37. The van der Waals surface area contributed by atoms with E-state index in [9.17, 15) is 0 Å². The lowest BCUT2D eigenvalue weighted by molar-refractivity contribution is 0.363. The molecule has 88 valence electrons. The Bertz CT molecular complexity index is 227. The first-order valence-corrected chi connectivity index (χ1v) is 5.83. The summed E-state index contributed by atoms with van der Waals surface area (Å²) in [5.74, 6) is 0.515. The molecule has 0 N–H and O–H groups in total. The van der Waals surface area contributed by atoms with E-state index in [0.717, 1.165) is 13.1 Å². The van der Waals surface area contributed by atoms with Gasteiger partial charge in [-0.05, 0) is 38.9 Å². The largest absolute Gasteiger partial charge is 0.302 e.